The van der Waals surface area contributed by atoms with Crippen LogP contribution in [-0.4, -0.2) is 89.5 Å². The molecule has 1 aromatic heterocycles. The summed E-state index contributed by atoms with van der Waals surface area (Å²) in [6.07, 6.45) is 2.14. The van der Waals surface area contributed by atoms with Gasteiger partial charge in [-0.2, -0.15) is 0 Å². The Morgan fingerprint density at radius 2 is 1.85 bits per heavy atom. The van der Waals surface area contributed by atoms with Crippen molar-refractivity contribution in [3.63, 3.8) is 0 Å². The molecule has 0 spiro atoms. The molecule has 0 saturated carbocycles. The van der Waals surface area contributed by atoms with Crippen molar-refractivity contribution in [1.29, 1.82) is 0 Å². The molecule has 0 aliphatic carbocycles. The molecule has 3 N–H and O–H groups in total. The number of ether oxygens (including phenoxy) is 2. The van der Waals surface area contributed by atoms with Gasteiger partial charge in [-0.15, -0.1) is 0 Å². The van der Waals surface area contributed by atoms with Crippen molar-refractivity contribution in [2.75, 3.05) is 44.0 Å². The van der Waals surface area contributed by atoms with Crippen LogP contribution >= 0.6 is 0 Å². The van der Waals surface area contributed by atoms with Crippen molar-refractivity contribution in [3.8, 4) is 5.75 Å². The van der Waals surface area contributed by atoms with Crippen molar-refractivity contribution in [3.05, 3.63) is 71.1 Å². The number of hydrogen-bond acceptors (Lipinski definition) is 8. The van der Waals surface area contributed by atoms with Gasteiger partial charge in [0.2, 0.25) is 5.91 Å². The highest BCUT2D eigenvalue weighted by atomic mass is 16.5. The lowest BCUT2D eigenvalue weighted by atomic mass is 10.0. The van der Waals surface area contributed by atoms with Crippen molar-refractivity contribution in [1.82, 2.24) is 15.0 Å². The van der Waals surface area contributed by atoms with Crippen LogP contribution in [0.3, 0.4) is 0 Å². The van der Waals surface area contributed by atoms with E-state index < -0.39 is 12.1 Å². The Labute approximate surface area is 282 Å². The number of nitrogens with one attached hydrogen (secondary N) is 2. The molecular weight excluding hydrogens is 614 g/mol. The summed E-state index contributed by atoms with van der Waals surface area (Å²) in [4.78, 5) is 43.7. The highest BCUT2D eigenvalue weighted by molar-refractivity contribution is 6.03. The lowest BCUT2D eigenvalue weighted by molar-refractivity contribution is -0.131. The molecule has 12 nitrogen and oxygen atoms in total. The number of benzene rings is 2. The minimum atomic E-state index is -0.532. The molecule has 4 rings (SSSR count). The van der Waals surface area contributed by atoms with Crippen LogP contribution in [0.25, 0.3) is 0 Å². The zero-order valence-corrected chi connectivity index (χ0v) is 28.8. The average molecular weight is 664 g/mol. The fourth-order valence-corrected chi connectivity index (χ4v) is 5.68. The number of anilines is 2. The van der Waals surface area contributed by atoms with Gasteiger partial charge >= 0.3 is 6.03 Å². The fourth-order valence-electron chi connectivity index (χ4n) is 5.68. The smallest absolute Gasteiger partial charge is 0.323 e. The second-order valence-electron chi connectivity index (χ2n) is 12.7. The molecule has 2 heterocycles. The molecule has 1 aliphatic rings. The molecule has 0 fully saturated rings. The van der Waals surface area contributed by atoms with Crippen LogP contribution in [-0.2, 0) is 16.0 Å². The maximum atomic E-state index is 14.4. The first-order valence-electron chi connectivity index (χ1n) is 16.6. The number of aryl methyl sites for hydroxylation is 2. The van der Waals surface area contributed by atoms with Crippen LogP contribution in [0, 0.1) is 19.8 Å². The number of carbonyl (C=O) groups is 3. The number of likely N-dealkylation sites (N-methyl/N-ethyl adjacent to an activating group) is 1. The maximum absolute atomic E-state index is 14.4. The first-order valence-corrected chi connectivity index (χ1v) is 16.6. The molecule has 260 valence electrons. The van der Waals surface area contributed by atoms with Gasteiger partial charge in [0.25, 0.3) is 5.91 Å². The highest BCUT2D eigenvalue weighted by Crippen LogP contribution is 2.29. The second kappa shape index (κ2) is 17.1. The van der Waals surface area contributed by atoms with Gasteiger partial charge < -0.3 is 39.5 Å². The summed E-state index contributed by atoms with van der Waals surface area (Å²) in [5, 5.41) is 19.6. The van der Waals surface area contributed by atoms with Gasteiger partial charge in [0.1, 0.15) is 17.1 Å². The van der Waals surface area contributed by atoms with E-state index in [-0.39, 0.29) is 55.1 Å². The summed E-state index contributed by atoms with van der Waals surface area (Å²) in [7, 11) is 1.78. The van der Waals surface area contributed by atoms with E-state index in [0.29, 0.717) is 41.7 Å². The summed E-state index contributed by atoms with van der Waals surface area (Å²) in [6, 6.07) is 13.5. The van der Waals surface area contributed by atoms with Crippen LogP contribution in [0.4, 0.5) is 16.2 Å². The monoisotopic (exact) mass is 663 g/mol. The zero-order valence-electron chi connectivity index (χ0n) is 28.8. The molecule has 3 aromatic rings. The van der Waals surface area contributed by atoms with E-state index in [1.807, 2.05) is 44.2 Å². The Bertz CT molecular complexity index is 1510. The summed E-state index contributed by atoms with van der Waals surface area (Å²) < 4.78 is 17.8. The lowest BCUT2D eigenvalue weighted by Gasteiger charge is -2.36. The SMILES string of the molecule is Cc1noc(C)c1NC(=O)Nc1ccc2c(c1)C(=O)N([C@H](C)CO)C[C@H](C)[C@@H](CN(C)C(=O)Cc1ccccc1)OCCCC[C@@H](C)O2. The predicted molar refractivity (Wildman–Crippen MR) is 183 cm³/mol. The number of fused-ring (bicyclic) bond motifs is 1. The number of aromatic nitrogens is 1. The highest BCUT2D eigenvalue weighted by Gasteiger charge is 2.31. The van der Waals surface area contributed by atoms with Crippen LogP contribution in [0.2, 0.25) is 0 Å². The summed E-state index contributed by atoms with van der Waals surface area (Å²) in [5.74, 6) is 0.295. The zero-order chi connectivity index (χ0) is 34.8. The number of rotatable bonds is 8. The minimum Gasteiger partial charge on any atom is -0.490 e. The summed E-state index contributed by atoms with van der Waals surface area (Å²) >= 11 is 0. The Morgan fingerprint density at radius 1 is 1.10 bits per heavy atom. The number of aliphatic hydroxyl groups excluding tert-OH is 1. The number of nitrogens with zero attached hydrogens (tertiary/aromatic N) is 3. The van der Waals surface area contributed by atoms with Crippen LogP contribution in [0.1, 0.15) is 67.4 Å². The Balaban J connectivity index is 1.59. The third-order valence-corrected chi connectivity index (χ3v) is 8.66. The molecular formula is C36H49N5O7. The lowest BCUT2D eigenvalue weighted by Crippen LogP contribution is -2.48. The van der Waals surface area contributed by atoms with Crippen molar-refractivity contribution in [2.45, 2.75) is 78.6 Å². The van der Waals surface area contributed by atoms with Gasteiger partial charge in [-0.05, 0) is 70.7 Å². The van der Waals surface area contributed by atoms with Gasteiger partial charge in [-0.1, -0.05) is 42.4 Å². The van der Waals surface area contributed by atoms with E-state index in [4.69, 9.17) is 14.0 Å². The molecule has 4 atom stereocenters. The maximum Gasteiger partial charge on any atom is 0.323 e. The van der Waals surface area contributed by atoms with E-state index >= 15 is 0 Å². The predicted octanol–water partition coefficient (Wildman–Crippen LogP) is 5.43. The van der Waals surface area contributed by atoms with Gasteiger partial charge in [0, 0.05) is 38.3 Å². The quantitative estimate of drug-likeness (QED) is 0.289. The average Bonchev–Trinajstić information content (AvgIpc) is 3.38. The summed E-state index contributed by atoms with van der Waals surface area (Å²) in [6.45, 7) is 10.0. The van der Waals surface area contributed by atoms with Crippen LogP contribution < -0.4 is 15.4 Å². The molecule has 0 radical (unpaired) electrons. The normalized spacial score (nSPS) is 19.8. The molecule has 48 heavy (non-hydrogen) atoms. The van der Waals surface area contributed by atoms with Gasteiger partial charge in [0.15, 0.2) is 5.76 Å². The molecule has 1 aliphatic heterocycles. The molecule has 0 unspecified atom stereocenters. The number of amides is 4. The standard InChI is InChI=1S/C36H49N5O7/c1-23-20-41(24(2)22-42)35(44)30-19-29(37-36(45)38-34-26(4)39-48-27(34)5)15-16-31(30)47-25(3)12-10-11-17-46-32(23)21-40(6)33(43)18-28-13-8-7-9-14-28/h7-9,13-16,19,23-25,32,42H,10-12,17-18,20-22H2,1-6H3,(H2,37,38,45)/t23-,24+,25+,32+/m0/s1. The van der Waals surface area contributed by atoms with E-state index in [1.54, 1.807) is 55.8 Å². The van der Waals surface area contributed by atoms with Gasteiger partial charge in [-0.25, -0.2) is 4.79 Å². The van der Waals surface area contributed by atoms with E-state index in [2.05, 4.69) is 15.8 Å². The minimum absolute atomic E-state index is 0.0219. The molecule has 0 bridgehead atoms. The third-order valence-electron chi connectivity index (χ3n) is 8.66. The van der Waals surface area contributed by atoms with E-state index in [1.165, 1.54) is 0 Å². The van der Waals surface area contributed by atoms with Gasteiger partial charge in [0.05, 0.1) is 36.8 Å². The Hall–Kier alpha value is -4.42. The topological polar surface area (TPSA) is 146 Å². The summed E-state index contributed by atoms with van der Waals surface area (Å²) in [5.41, 5.74) is 2.59. The van der Waals surface area contributed by atoms with Crippen LogP contribution in [0.5, 0.6) is 5.75 Å². The molecule has 0 saturated heterocycles. The van der Waals surface area contributed by atoms with Crippen molar-refractivity contribution >= 4 is 29.2 Å². The first kappa shape index (κ1) is 36.4. The second-order valence-corrected chi connectivity index (χ2v) is 12.7. The number of urea groups is 1. The Morgan fingerprint density at radius 3 is 2.54 bits per heavy atom. The fraction of sp³-hybridized carbons (Fsp3) is 0.500. The molecule has 2 aromatic carbocycles. The van der Waals surface area contributed by atoms with Crippen molar-refractivity contribution in [2.24, 2.45) is 5.92 Å². The van der Waals surface area contributed by atoms with E-state index in [0.717, 1.165) is 24.8 Å². The van der Waals surface area contributed by atoms with Crippen molar-refractivity contribution < 1.29 is 33.5 Å². The van der Waals surface area contributed by atoms with Gasteiger partial charge in [-0.3, -0.25) is 9.59 Å². The van der Waals surface area contributed by atoms with E-state index in [9.17, 15) is 19.5 Å². The van der Waals surface area contributed by atoms with Crippen LogP contribution in [0.15, 0.2) is 53.1 Å². The Kier molecular flexibility index (Phi) is 13.0. The molecule has 4 amide bonds. The first-order chi connectivity index (χ1) is 23.0. The number of carbonyl (C=O) groups excluding carboxylic acids is 3. The number of aliphatic hydroxyl groups is 1. The third kappa shape index (κ3) is 9.80. The largest absolute Gasteiger partial charge is 0.490 e. The molecule has 12 heteroatoms. The number of hydrogen-bond donors (Lipinski definition) is 3.